The number of ketones is 1. The van der Waals surface area contributed by atoms with E-state index in [1.807, 2.05) is 5.32 Å². The minimum absolute atomic E-state index is 0.297. The third kappa shape index (κ3) is 6.37. The molecule has 1 aliphatic heterocycles. The van der Waals surface area contributed by atoms with Crippen LogP contribution in [0.5, 0.6) is 0 Å². The third-order valence-corrected chi connectivity index (χ3v) is 4.15. The van der Waals surface area contributed by atoms with Crippen LogP contribution in [-0.2, 0) is 9.53 Å². The smallest absolute Gasteiger partial charge is 0.378 e. The highest BCUT2D eigenvalue weighted by Gasteiger charge is 2.48. The Morgan fingerprint density at radius 1 is 1.32 bits per heavy atom. The van der Waals surface area contributed by atoms with E-state index in [0.717, 1.165) is 0 Å². The van der Waals surface area contributed by atoms with Crippen LogP contribution in [0.15, 0.2) is 0 Å². The number of carbonyl (C=O) groups is 1. The Kier molecular flexibility index (Phi) is 7.62. The molecule has 1 aliphatic rings. The number of aliphatic hydroxyl groups excluding tert-OH is 1. The first-order chi connectivity index (χ1) is 11.4. The SMILES string of the molecule is CNC(O)C(CN)C(=O)C1CCC(C(F)(F)F)NC1COC(F)(F)F. The Morgan fingerprint density at radius 3 is 2.36 bits per heavy atom. The number of rotatable bonds is 7. The van der Waals surface area contributed by atoms with Crippen LogP contribution in [0.3, 0.4) is 0 Å². The number of piperidine rings is 1. The Morgan fingerprint density at radius 2 is 1.92 bits per heavy atom. The normalized spacial score (nSPS) is 27.8. The van der Waals surface area contributed by atoms with Gasteiger partial charge in [-0.25, -0.2) is 0 Å². The van der Waals surface area contributed by atoms with E-state index >= 15 is 0 Å². The number of carbonyl (C=O) groups excluding carboxylic acids is 1. The van der Waals surface area contributed by atoms with Crippen molar-refractivity contribution in [3.05, 3.63) is 0 Å². The summed E-state index contributed by atoms with van der Waals surface area (Å²) in [4.78, 5) is 12.5. The maximum absolute atomic E-state index is 12.8. The number of Topliss-reactive ketones (excluding diaryl/α,β-unsaturated/α-hetero) is 1. The second kappa shape index (κ2) is 8.62. The molecule has 25 heavy (non-hydrogen) atoms. The number of ether oxygens (including phenoxy) is 1. The van der Waals surface area contributed by atoms with Crippen molar-refractivity contribution in [3.8, 4) is 0 Å². The highest BCUT2D eigenvalue weighted by Crippen LogP contribution is 2.33. The number of nitrogens with two attached hydrogens (primary N) is 1. The molecule has 5 atom stereocenters. The number of aliphatic hydroxyl groups is 1. The van der Waals surface area contributed by atoms with Crippen LogP contribution in [0.25, 0.3) is 0 Å². The van der Waals surface area contributed by atoms with Crippen molar-refractivity contribution in [1.82, 2.24) is 10.6 Å². The van der Waals surface area contributed by atoms with Gasteiger partial charge in [-0.15, -0.1) is 13.2 Å². The lowest BCUT2D eigenvalue weighted by molar-refractivity contribution is -0.328. The van der Waals surface area contributed by atoms with E-state index in [4.69, 9.17) is 5.73 Å². The van der Waals surface area contributed by atoms with Crippen LogP contribution in [-0.4, -0.2) is 61.9 Å². The first-order valence-electron chi connectivity index (χ1n) is 7.53. The van der Waals surface area contributed by atoms with E-state index in [1.54, 1.807) is 0 Å². The van der Waals surface area contributed by atoms with Crippen molar-refractivity contribution < 1.29 is 41.0 Å². The molecule has 0 saturated carbocycles. The summed E-state index contributed by atoms with van der Waals surface area (Å²) < 4.78 is 78.9. The summed E-state index contributed by atoms with van der Waals surface area (Å²) in [6.07, 6.45) is -11.8. The monoisotopic (exact) mass is 381 g/mol. The highest BCUT2D eigenvalue weighted by atomic mass is 19.4. The molecule has 0 aromatic heterocycles. The molecular weight excluding hydrogens is 360 g/mol. The van der Waals surface area contributed by atoms with Gasteiger partial charge in [-0.3, -0.25) is 14.8 Å². The van der Waals surface area contributed by atoms with E-state index in [2.05, 4.69) is 10.1 Å². The summed E-state index contributed by atoms with van der Waals surface area (Å²) in [5.41, 5.74) is 5.41. The van der Waals surface area contributed by atoms with Gasteiger partial charge < -0.3 is 16.2 Å². The molecule has 5 unspecified atom stereocenters. The molecule has 12 heteroatoms. The van der Waals surface area contributed by atoms with Gasteiger partial charge in [0.1, 0.15) is 18.1 Å². The number of nitrogens with one attached hydrogen (secondary N) is 2. The van der Waals surface area contributed by atoms with Crippen LogP contribution in [0.4, 0.5) is 26.3 Å². The molecule has 1 rings (SSSR count). The standard InChI is InChI=1S/C13H21F6N3O3/c1-21-11(24)7(4-20)10(23)6-2-3-9(12(14,15)16)22-8(6)5-25-13(17,18)19/h6-9,11,21-22,24H,2-5,20H2,1H3. The molecule has 0 aromatic rings. The number of hydrogen-bond acceptors (Lipinski definition) is 6. The van der Waals surface area contributed by atoms with E-state index in [-0.39, 0.29) is 13.0 Å². The summed E-state index contributed by atoms with van der Waals surface area (Å²) >= 11 is 0. The molecule has 6 nitrogen and oxygen atoms in total. The van der Waals surface area contributed by atoms with Crippen molar-refractivity contribution in [2.45, 2.75) is 43.7 Å². The van der Waals surface area contributed by atoms with Gasteiger partial charge in [-0.2, -0.15) is 13.2 Å². The molecule has 0 bridgehead atoms. The van der Waals surface area contributed by atoms with E-state index in [1.165, 1.54) is 7.05 Å². The second-order valence-electron chi connectivity index (χ2n) is 5.79. The molecule has 1 heterocycles. The maximum atomic E-state index is 12.8. The molecule has 0 amide bonds. The topological polar surface area (TPSA) is 96.6 Å². The van der Waals surface area contributed by atoms with E-state index < -0.39 is 61.5 Å². The molecule has 5 N–H and O–H groups in total. The highest BCUT2D eigenvalue weighted by molar-refractivity contribution is 5.85. The van der Waals surface area contributed by atoms with E-state index in [9.17, 15) is 36.2 Å². The van der Waals surface area contributed by atoms with Crippen molar-refractivity contribution >= 4 is 5.78 Å². The van der Waals surface area contributed by atoms with Gasteiger partial charge in [0, 0.05) is 18.5 Å². The quantitative estimate of drug-likeness (QED) is 0.379. The lowest BCUT2D eigenvalue weighted by Gasteiger charge is -2.39. The lowest BCUT2D eigenvalue weighted by Crippen LogP contribution is -2.59. The van der Waals surface area contributed by atoms with Gasteiger partial charge in [0.2, 0.25) is 0 Å². The number of hydrogen-bond donors (Lipinski definition) is 4. The predicted octanol–water partition coefficient (Wildman–Crippen LogP) is 0.504. The third-order valence-electron chi connectivity index (χ3n) is 4.15. The maximum Gasteiger partial charge on any atom is 0.522 e. The zero-order valence-corrected chi connectivity index (χ0v) is 13.3. The first kappa shape index (κ1) is 22.1. The van der Waals surface area contributed by atoms with Crippen LogP contribution >= 0.6 is 0 Å². The molecule has 1 fully saturated rings. The van der Waals surface area contributed by atoms with Gasteiger partial charge in [0.15, 0.2) is 0 Å². The van der Waals surface area contributed by atoms with Crippen molar-refractivity contribution in [1.29, 1.82) is 0 Å². The molecule has 1 saturated heterocycles. The van der Waals surface area contributed by atoms with Gasteiger partial charge in [0.05, 0.1) is 12.5 Å². The van der Waals surface area contributed by atoms with Crippen LogP contribution in [0.2, 0.25) is 0 Å². The molecular formula is C13H21F6N3O3. The Labute approximate surface area is 140 Å². The lowest BCUT2D eigenvalue weighted by atomic mass is 9.79. The molecule has 0 aromatic carbocycles. The number of halogens is 6. The zero-order valence-electron chi connectivity index (χ0n) is 13.3. The van der Waals surface area contributed by atoms with Gasteiger partial charge in [-0.1, -0.05) is 0 Å². The summed E-state index contributed by atoms with van der Waals surface area (Å²) in [7, 11) is 1.34. The number of alkyl halides is 6. The zero-order chi connectivity index (χ0) is 19.4. The average Bonchev–Trinajstić information content (AvgIpc) is 2.51. The molecule has 0 spiro atoms. The fourth-order valence-corrected chi connectivity index (χ4v) is 2.83. The van der Waals surface area contributed by atoms with Crippen LogP contribution in [0.1, 0.15) is 12.8 Å². The molecule has 148 valence electrons. The fraction of sp³-hybridized carbons (Fsp3) is 0.923. The predicted molar refractivity (Wildman–Crippen MR) is 74.1 cm³/mol. The second-order valence-corrected chi connectivity index (χ2v) is 5.79. The van der Waals surface area contributed by atoms with Gasteiger partial charge in [0.25, 0.3) is 0 Å². The van der Waals surface area contributed by atoms with Crippen LogP contribution in [0, 0.1) is 11.8 Å². The Bertz CT molecular complexity index is 446. The summed E-state index contributed by atoms with van der Waals surface area (Å²) in [6.45, 7) is -1.47. The van der Waals surface area contributed by atoms with Crippen molar-refractivity contribution in [3.63, 3.8) is 0 Å². The fourth-order valence-electron chi connectivity index (χ4n) is 2.83. The van der Waals surface area contributed by atoms with Gasteiger partial charge in [-0.05, 0) is 19.9 Å². The van der Waals surface area contributed by atoms with Crippen LogP contribution < -0.4 is 16.4 Å². The van der Waals surface area contributed by atoms with Gasteiger partial charge >= 0.3 is 12.5 Å². The Hall–Kier alpha value is -0.950. The summed E-state index contributed by atoms with van der Waals surface area (Å²) in [5, 5.41) is 14.1. The Balaban J connectivity index is 2.95. The van der Waals surface area contributed by atoms with Crippen molar-refractivity contribution in [2.75, 3.05) is 20.2 Å². The first-order valence-corrected chi connectivity index (χ1v) is 7.53. The largest absolute Gasteiger partial charge is 0.522 e. The van der Waals surface area contributed by atoms with E-state index in [0.29, 0.717) is 0 Å². The molecule has 0 aliphatic carbocycles. The summed E-state index contributed by atoms with van der Waals surface area (Å²) in [6, 6.07) is -3.54. The average molecular weight is 381 g/mol. The van der Waals surface area contributed by atoms with Crippen molar-refractivity contribution in [2.24, 2.45) is 17.6 Å². The summed E-state index contributed by atoms with van der Waals surface area (Å²) in [5.74, 6) is -3.07. The minimum atomic E-state index is -5.04. The minimum Gasteiger partial charge on any atom is -0.378 e. The molecule has 0 radical (unpaired) electrons.